The van der Waals surface area contributed by atoms with Crippen LogP contribution in [0, 0.1) is 24.4 Å². The summed E-state index contributed by atoms with van der Waals surface area (Å²) < 4.78 is 64.5. The number of rotatable bonds is 5. The number of nitrogens with zero attached hydrogens (tertiary/aromatic N) is 1. The molecule has 0 unspecified atom stereocenters. The Balaban J connectivity index is 1.75. The first-order valence-electron chi connectivity index (χ1n) is 9.99. The summed E-state index contributed by atoms with van der Waals surface area (Å²) in [4.78, 5) is 14.4. The maximum Gasteiger partial charge on any atom is 0.317 e. The number of piperidine rings is 1. The molecule has 0 aliphatic carbocycles. The van der Waals surface area contributed by atoms with Crippen LogP contribution in [0.3, 0.4) is 0 Å². The lowest BCUT2D eigenvalue weighted by molar-refractivity contribution is 0.152. The number of benzene rings is 2. The maximum absolute atomic E-state index is 13.6. The number of carbonyl (C=O) groups excluding carboxylic acids is 1. The maximum atomic E-state index is 13.6. The van der Waals surface area contributed by atoms with Gasteiger partial charge in [0.2, 0.25) is 0 Å². The van der Waals surface area contributed by atoms with Crippen molar-refractivity contribution in [1.82, 2.24) is 10.2 Å². The van der Waals surface area contributed by atoms with Crippen molar-refractivity contribution in [3.05, 3.63) is 70.5 Å². The van der Waals surface area contributed by atoms with Crippen molar-refractivity contribution in [2.75, 3.05) is 19.3 Å². The fourth-order valence-electron chi connectivity index (χ4n) is 4.04. The summed E-state index contributed by atoms with van der Waals surface area (Å²) in [6.45, 7) is 2.10. The number of hydrogen-bond acceptors (Lipinski definition) is 3. The molecular formula is C22H25F3N2O3S. The number of likely N-dealkylation sites (tertiary alicyclic amines) is 1. The van der Waals surface area contributed by atoms with Gasteiger partial charge in [0, 0.05) is 25.4 Å². The molecule has 0 spiro atoms. The van der Waals surface area contributed by atoms with E-state index in [1.807, 2.05) is 0 Å². The standard InChI is InChI=1S/C22H25F3N2O3S/c1-14-9-16(23)3-4-20(14)21-13-19(31(2,29)30)6-8-27(21)22(28)26-7-5-15-10-17(24)12-18(25)11-15/h3-4,9-12,19,21H,5-8,13H2,1-2H3,(H,26,28)/t19-,21+/m0/s1. The Morgan fingerprint density at radius 3 is 2.39 bits per heavy atom. The van der Waals surface area contributed by atoms with E-state index in [1.54, 1.807) is 17.9 Å². The van der Waals surface area contributed by atoms with Gasteiger partial charge in [0.15, 0.2) is 0 Å². The summed E-state index contributed by atoms with van der Waals surface area (Å²) in [5.41, 5.74) is 1.74. The molecule has 1 N–H and O–H groups in total. The van der Waals surface area contributed by atoms with Crippen molar-refractivity contribution in [1.29, 1.82) is 0 Å². The van der Waals surface area contributed by atoms with Crippen LogP contribution in [0.15, 0.2) is 36.4 Å². The molecule has 1 aliphatic rings. The Kier molecular flexibility index (Phi) is 6.93. The fourth-order valence-corrected chi connectivity index (χ4v) is 5.11. The second-order valence-electron chi connectivity index (χ2n) is 7.95. The summed E-state index contributed by atoms with van der Waals surface area (Å²) in [5, 5.41) is 2.15. The van der Waals surface area contributed by atoms with E-state index in [-0.39, 0.29) is 25.9 Å². The highest BCUT2D eigenvalue weighted by Crippen LogP contribution is 2.35. The minimum atomic E-state index is -3.30. The van der Waals surface area contributed by atoms with Crippen molar-refractivity contribution in [2.24, 2.45) is 0 Å². The first kappa shape index (κ1) is 23.1. The third-order valence-electron chi connectivity index (χ3n) is 5.62. The van der Waals surface area contributed by atoms with Crippen molar-refractivity contribution < 1.29 is 26.4 Å². The monoisotopic (exact) mass is 454 g/mol. The zero-order chi connectivity index (χ0) is 22.8. The van der Waals surface area contributed by atoms with Crippen LogP contribution in [0.25, 0.3) is 0 Å². The first-order valence-corrected chi connectivity index (χ1v) is 11.9. The van der Waals surface area contributed by atoms with Crippen molar-refractivity contribution in [3.8, 4) is 0 Å². The predicted octanol–water partition coefficient (Wildman–Crippen LogP) is 3.91. The molecule has 168 valence electrons. The van der Waals surface area contributed by atoms with E-state index in [0.717, 1.165) is 6.07 Å². The number of nitrogens with one attached hydrogen (secondary N) is 1. The highest BCUT2D eigenvalue weighted by atomic mass is 32.2. The number of halogens is 3. The van der Waals surface area contributed by atoms with Gasteiger partial charge >= 0.3 is 6.03 Å². The predicted molar refractivity (Wildman–Crippen MR) is 112 cm³/mol. The molecule has 5 nitrogen and oxygen atoms in total. The molecule has 0 bridgehead atoms. The third-order valence-corrected chi connectivity index (χ3v) is 7.26. The van der Waals surface area contributed by atoms with Gasteiger partial charge < -0.3 is 10.2 Å². The Bertz CT molecular complexity index is 1060. The molecule has 1 aliphatic heterocycles. The zero-order valence-electron chi connectivity index (χ0n) is 17.4. The average Bonchev–Trinajstić information content (AvgIpc) is 2.66. The van der Waals surface area contributed by atoms with Gasteiger partial charge in [-0.3, -0.25) is 0 Å². The second kappa shape index (κ2) is 9.30. The third kappa shape index (κ3) is 5.78. The van der Waals surface area contributed by atoms with Crippen LogP contribution >= 0.6 is 0 Å². The van der Waals surface area contributed by atoms with E-state index in [2.05, 4.69) is 5.32 Å². The van der Waals surface area contributed by atoms with Crippen LogP contribution in [-0.4, -0.2) is 43.9 Å². The molecule has 2 aromatic rings. The second-order valence-corrected chi connectivity index (χ2v) is 10.3. The molecule has 3 rings (SSSR count). The van der Waals surface area contributed by atoms with Crippen LogP contribution in [0.2, 0.25) is 0 Å². The lowest BCUT2D eigenvalue weighted by atomic mass is 9.92. The Labute approximate surface area is 180 Å². The normalized spacial score (nSPS) is 19.3. The van der Waals surface area contributed by atoms with E-state index in [1.165, 1.54) is 30.5 Å². The Morgan fingerprint density at radius 2 is 1.77 bits per heavy atom. The highest BCUT2D eigenvalue weighted by Gasteiger charge is 2.37. The smallest absolute Gasteiger partial charge is 0.317 e. The zero-order valence-corrected chi connectivity index (χ0v) is 18.2. The van der Waals surface area contributed by atoms with E-state index in [0.29, 0.717) is 23.1 Å². The van der Waals surface area contributed by atoms with Gasteiger partial charge in [-0.1, -0.05) is 6.07 Å². The van der Waals surface area contributed by atoms with Crippen LogP contribution in [0.4, 0.5) is 18.0 Å². The number of amides is 2. The molecule has 2 atom stereocenters. The summed E-state index contributed by atoms with van der Waals surface area (Å²) in [6.07, 6.45) is 1.94. The molecule has 1 heterocycles. The summed E-state index contributed by atoms with van der Waals surface area (Å²) in [6, 6.07) is 6.49. The van der Waals surface area contributed by atoms with Gasteiger partial charge in [-0.15, -0.1) is 0 Å². The summed E-state index contributed by atoms with van der Waals surface area (Å²) >= 11 is 0. The summed E-state index contributed by atoms with van der Waals surface area (Å²) in [7, 11) is -3.30. The molecule has 0 radical (unpaired) electrons. The quantitative estimate of drug-likeness (QED) is 0.745. The molecule has 31 heavy (non-hydrogen) atoms. The van der Waals surface area contributed by atoms with Gasteiger partial charge in [-0.2, -0.15) is 0 Å². The molecule has 2 amide bonds. The molecule has 1 saturated heterocycles. The molecule has 2 aromatic carbocycles. The van der Waals surface area contributed by atoms with Crippen LogP contribution in [0.5, 0.6) is 0 Å². The van der Waals surface area contributed by atoms with E-state index < -0.39 is 44.6 Å². The van der Waals surface area contributed by atoms with Gasteiger partial charge in [0.05, 0.1) is 11.3 Å². The fraction of sp³-hybridized carbons (Fsp3) is 0.409. The van der Waals surface area contributed by atoms with Crippen LogP contribution in [0.1, 0.15) is 35.6 Å². The Hall–Kier alpha value is -2.55. The highest BCUT2D eigenvalue weighted by molar-refractivity contribution is 7.91. The number of carbonyl (C=O) groups is 1. The van der Waals surface area contributed by atoms with Gasteiger partial charge in [-0.25, -0.2) is 26.4 Å². The minimum absolute atomic E-state index is 0.156. The van der Waals surface area contributed by atoms with Gasteiger partial charge in [-0.05, 0) is 67.1 Å². The number of aryl methyl sites for hydroxylation is 1. The largest absolute Gasteiger partial charge is 0.338 e. The number of urea groups is 1. The molecular weight excluding hydrogens is 429 g/mol. The lowest BCUT2D eigenvalue weighted by Crippen LogP contribution is -2.49. The number of sulfone groups is 1. The topological polar surface area (TPSA) is 66.5 Å². The van der Waals surface area contributed by atoms with Gasteiger partial charge in [0.25, 0.3) is 0 Å². The molecule has 1 fully saturated rings. The van der Waals surface area contributed by atoms with Crippen molar-refractivity contribution >= 4 is 15.9 Å². The van der Waals surface area contributed by atoms with Gasteiger partial charge in [0.1, 0.15) is 27.3 Å². The van der Waals surface area contributed by atoms with Crippen molar-refractivity contribution in [3.63, 3.8) is 0 Å². The summed E-state index contributed by atoms with van der Waals surface area (Å²) in [5.74, 6) is -1.78. The van der Waals surface area contributed by atoms with Crippen LogP contribution < -0.4 is 5.32 Å². The number of hydrogen-bond donors (Lipinski definition) is 1. The van der Waals surface area contributed by atoms with Crippen LogP contribution in [-0.2, 0) is 16.3 Å². The Morgan fingerprint density at radius 1 is 1.10 bits per heavy atom. The van der Waals surface area contributed by atoms with Crippen molar-refractivity contribution in [2.45, 2.75) is 37.5 Å². The van der Waals surface area contributed by atoms with E-state index in [9.17, 15) is 26.4 Å². The molecule has 9 heteroatoms. The first-order chi connectivity index (χ1) is 14.5. The minimum Gasteiger partial charge on any atom is -0.338 e. The molecule has 0 saturated carbocycles. The van der Waals surface area contributed by atoms with E-state index in [4.69, 9.17) is 0 Å². The average molecular weight is 455 g/mol. The molecule has 0 aromatic heterocycles. The lowest BCUT2D eigenvalue weighted by Gasteiger charge is -2.39. The SMILES string of the molecule is Cc1cc(F)ccc1[C@H]1C[C@@H](S(C)(=O)=O)CCN1C(=O)NCCc1cc(F)cc(F)c1. The van der Waals surface area contributed by atoms with E-state index >= 15 is 0 Å².